The Morgan fingerprint density at radius 3 is 2.31 bits per heavy atom. The number of carbonyl (C=O) groups is 3. The van der Waals surface area contributed by atoms with Crippen LogP contribution in [0.15, 0.2) is 42.5 Å². The first-order valence-electron chi connectivity index (χ1n) is 12.6. The van der Waals surface area contributed by atoms with Crippen molar-refractivity contribution in [3.63, 3.8) is 0 Å². The Balaban J connectivity index is 1.22. The van der Waals surface area contributed by atoms with Crippen molar-refractivity contribution in [1.29, 1.82) is 0 Å². The Morgan fingerprint density at radius 1 is 0.943 bits per heavy atom. The summed E-state index contributed by atoms with van der Waals surface area (Å²) in [5.74, 6) is -0.0936. The molecule has 0 aromatic heterocycles. The molecule has 0 N–H and O–H groups in total. The minimum absolute atomic E-state index is 0.103. The van der Waals surface area contributed by atoms with Crippen molar-refractivity contribution in [3.05, 3.63) is 58.6 Å². The van der Waals surface area contributed by atoms with Gasteiger partial charge in [-0.2, -0.15) is 0 Å². The van der Waals surface area contributed by atoms with Crippen LogP contribution in [0.3, 0.4) is 0 Å². The Bertz CT molecular complexity index is 1200. The monoisotopic (exact) mass is 491 g/mol. The van der Waals surface area contributed by atoms with Crippen LogP contribution in [-0.4, -0.2) is 48.3 Å². The number of fused-ring (bicyclic) bond motifs is 5. The first-order valence-corrected chi connectivity index (χ1v) is 13.0. The number of halogens is 1. The predicted molar refractivity (Wildman–Crippen MR) is 136 cm³/mol. The minimum Gasteiger partial charge on any atom is -0.365 e. The average molecular weight is 492 g/mol. The molecule has 0 spiro atoms. The number of aryl methyl sites for hydroxylation is 1. The van der Waals surface area contributed by atoms with Crippen molar-refractivity contribution in [1.82, 2.24) is 4.90 Å². The molecular weight excluding hydrogens is 462 g/mol. The molecule has 4 fully saturated rings. The molecule has 182 valence electrons. The van der Waals surface area contributed by atoms with Gasteiger partial charge in [-0.3, -0.25) is 19.3 Å². The fourth-order valence-electron chi connectivity index (χ4n) is 6.98. The number of hydrogen-bond acceptors (Lipinski definition) is 4. The van der Waals surface area contributed by atoms with Crippen molar-refractivity contribution in [2.24, 2.45) is 23.7 Å². The van der Waals surface area contributed by atoms with E-state index in [2.05, 4.69) is 43.0 Å². The summed E-state index contributed by atoms with van der Waals surface area (Å²) in [4.78, 5) is 45.5. The van der Waals surface area contributed by atoms with E-state index in [1.807, 2.05) is 4.90 Å². The topological polar surface area (TPSA) is 60.9 Å². The Hall–Kier alpha value is -2.86. The van der Waals surface area contributed by atoms with Gasteiger partial charge in [-0.25, -0.2) is 0 Å². The van der Waals surface area contributed by atoms with Crippen molar-refractivity contribution in [2.45, 2.75) is 39.2 Å². The maximum Gasteiger partial charge on any atom is 0.255 e. The van der Waals surface area contributed by atoms with Crippen LogP contribution in [0.25, 0.3) is 0 Å². The zero-order valence-corrected chi connectivity index (χ0v) is 20.9. The second kappa shape index (κ2) is 8.37. The normalized spacial score (nSPS) is 29.8. The number of piperazine rings is 1. The molecule has 2 saturated heterocycles. The van der Waals surface area contributed by atoms with Gasteiger partial charge < -0.3 is 9.80 Å². The SMILES string of the molecule is Cc1cccc(N2CCN(C(=O)c3cc(N4C(=O)[C@@H]5[C@H]6CC[C@@H](C6)[C@@H]5C4=O)ccc3Cl)C[C@H]2C)c1. The molecule has 35 heavy (non-hydrogen) atoms. The molecule has 2 aliphatic heterocycles. The molecule has 4 aliphatic rings. The Morgan fingerprint density at radius 2 is 1.66 bits per heavy atom. The zero-order valence-electron chi connectivity index (χ0n) is 20.1. The van der Waals surface area contributed by atoms with Crippen LogP contribution in [0.1, 0.15) is 42.1 Å². The van der Waals surface area contributed by atoms with Crippen LogP contribution >= 0.6 is 11.6 Å². The van der Waals surface area contributed by atoms with Crippen LogP contribution in [0.5, 0.6) is 0 Å². The van der Waals surface area contributed by atoms with E-state index < -0.39 is 0 Å². The van der Waals surface area contributed by atoms with Gasteiger partial charge in [0.1, 0.15) is 0 Å². The number of imide groups is 1. The molecule has 2 saturated carbocycles. The molecule has 2 aliphatic carbocycles. The number of rotatable bonds is 3. The highest BCUT2D eigenvalue weighted by Crippen LogP contribution is 2.56. The lowest BCUT2D eigenvalue weighted by atomic mass is 9.81. The van der Waals surface area contributed by atoms with E-state index >= 15 is 0 Å². The van der Waals surface area contributed by atoms with Gasteiger partial charge in [-0.1, -0.05) is 23.7 Å². The van der Waals surface area contributed by atoms with E-state index in [4.69, 9.17) is 11.6 Å². The van der Waals surface area contributed by atoms with Gasteiger partial charge >= 0.3 is 0 Å². The largest absolute Gasteiger partial charge is 0.365 e. The molecule has 2 aromatic rings. The fourth-order valence-corrected chi connectivity index (χ4v) is 7.18. The highest BCUT2D eigenvalue weighted by Gasteiger charge is 2.61. The summed E-state index contributed by atoms with van der Waals surface area (Å²) >= 11 is 6.47. The molecule has 0 radical (unpaired) electrons. The van der Waals surface area contributed by atoms with Gasteiger partial charge in [0.15, 0.2) is 0 Å². The lowest BCUT2D eigenvalue weighted by molar-refractivity contribution is -0.123. The van der Waals surface area contributed by atoms with E-state index in [1.54, 1.807) is 18.2 Å². The summed E-state index contributed by atoms with van der Waals surface area (Å²) in [7, 11) is 0. The quantitative estimate of drug-likeness (QED) is 0.592. The highest BCUT2D eigenvalue weighted by atomic mass is 35.5. The van der Waals surface area contributed by atoms with Gasteiger partial charge in [0, 0.05) is 31.4 Å². The van der Waals surface area contributed by atoms with Crippen LogP contribution < -0.4 is 9.80 Å². The van der Waals surface area contributed by atoms with Crippen molar-refractivity contribution in [3.8, 4) is 0 Å². The third-order valence-electron chi connectivity index (χ3n) is 8.61. The van der Waals surface area contributed by atoms with Crippen LogP contribution in [-0.2, 0) is 9.59 Å². The Labute approximate surface area is 210 Å². The standard InChI is InChI=1S/C28H30ClN3O3/c1-16-4-3-5-20(12-16)31-11-10-30(15-17(31)2)26(33)22-14-21(8-9-23(22)29)32-27(34)24-18-6-7-19(13-18)25(24)28(32)35/h3-5,8-9,12,14,17-19,24-25H,6-7,10-11,13,15H2,1-2H3/t17-,18+,19+,24-,25+/m1/s1. The molecule has 6 nitrogen and oxygen atoms in total. The highest BCUT2D eigenvalue weighted by molar-refractivity contribution is 6.34. The number of nitrogens with zero attached hydrogens (tertiary/aromatic N) is 3. The van der Waals surface area contributed by atoms with E-state index in [0.29, 0.717) is 41.2 Å². The lowest BCUT2D eigenvalue weighted by Gasteiger charge is -2.41. The summed E-state index contributed by atoms with van der Waals surface area (Å²) in [6.07, 6.45) is 3.07. The van der Waals surface area contributed by atoms with Gasteiger partial charge in [0.2, 0.25) is 11.8 Å². The zero-order chi connectivity index (χ0) is 24.4. The first kappa shape index (κ1) is 22.6. The molecule has 5 atom stereocenters. The predicted octanol–water partition coefficient (Wildman–Crippen LogP) is 4.53. The van der Waals surface area contributed by atoms with E-state index in [-0.39, 0.29) is 35.6 Å². The summed E-state index contributed by atoms with van der Waals surface area (Å²) in [6, 6.07) is 13.5. The van der Waals surface area contributed by atoms with Gasteiger partial charge in [0.25, 0.3) is 5.91 Å². The summed E-state index contributed by atoms with van der Waals surface area (Å²) in [5.41, 5.74) is 3.18. The summed E-state index contributed by atoms with van der Waals surface area (Å²) in [6.45, 7) is 6.07. The number of anilines is 2. The Kier molecular flexibility index (Phi) is 5.40. The summed E-state index contributed by atoms with van der Waals surface area (Å²) < 4.78 is 0. The number of hydrogen-bond donors (Lipinski definition) is 0. The first-order chi connectivity index (χ1) is 16.8. The van der Waals surface area contributed by atoms with Gasteiger partial charge in [0.05, 0.1) is 28.1 Å². The van der Waals surface area contributed by atoms with E-state index in [0.717, 1.165) is 31.5 Å². The molecular formula is C28H30ClN3O3. The van der Waals surface area contributed by atoms with E-state index in [1.165, 1.54) is 10.5 Å². The molecule has 7 heteroatoms. The number of amides is 3. The van der Waals surface area contributed by atoms with Crippen LogP contribution in [0.2, 0.25) is 5.02 Å². The number of carbonyl (C=O) groups excluding carboxylic acids is 3. The van der Waals surface area contributed by atoms with Crippen LogP contribution in [0.4, 0.5) is 11.4 Å². The second-order valence-corrected chi connectivity index (χ2v) is 11.1. The van der Waals surface area contributed by atoms with Crippen molar-refractivity contribution in [2.75, 3.05) is 29.4 Å². The third-order valence-corrected chi connectivity index (χ3v) is 8.94. The van der Waals surface area contributed by atoms with Gasteiger partial charge in [-0.15, -0.1) is 0 Å². The van der Waals surface area contributed by atoms with Crippen LogP contribution in [0, 0.1) is 30.6 Å². The van der Waals surface area contributed by atoms with Gasteiger partial charge in [-0.05, 0) is 80.8 Å². The van der Waals surface area contributed by atoms with E-state index in [9.17, 15) is 14.4 Å². The second-order valence-electron chi connectivity index (χ2n) is 10.7. The molecule has 2 bridgehead atoms. The molecule has 2 heterocycles. The molecule has 6 rings (SSSR count). The molecule has 0 unspecified atom stereocenters. The summed E-state index contributed by atoms with van der Waals surface area (Å²) in [5, 5.41) is 0.340. The molecule has 2 aromatic carbocycles. The third kappa shape index (κ3) is 3.56. The minimum atomic E-state index is -0.188. The fraction of sp³-hybridized carbons (Fsp3) is 0.464. The lowest BCUT2D eigenvalue weighted by Crippen LogP contribution is -2.53. The smallest absolute Gasteiger partial charge is 0.255 e. The maximum absolute atomic E-state index is 13.5. The average Bonchev–Trinajstić information content (AvgIpc) is 3.53. The van der Waals surface area contributed by atoms with Crippen molar-refractivity contribution >= 4 is 40.7 Å². The number of benzene rings is 2. The van der Waals surface area contributed by atoms with Crippen molar-refractivity contribution < 1.29 is 14.4 Å². The maximum atomic E-state index is 13.5. The molecule has 3 amide bonds.